The number of aliphatic carboxylic acids is 1. The van der Waals surface area contributed by atoms with Crippen molar-refractivity contribution in [2.75, 3.05) is 19.7 Å². The maximum atomic E-state index is 12.4. The van der Waals surface area contributed by atoms with Crippen molar-refractivity contribution in [1.29, 1.82) is 0 Å². The predicted octanol–water partition coefficient (Wildman–Crippen LogP) is 4.26. The normalized spacial score (nSPS) is 16.7. The molecule has 7 heteroatoms. The number of rotatable bonds is 9. The van der Waals surface area contributed by atoms with Crippen LogP contribution in [0, 0.1) is 11.8 Å². The van der Waals surface area contributed by atoms with Crippen molar-refractivity contribution in [3.8, 4) is 11.1 Å². The van der Waals surface area contributed by atoms with Gasteiger partial charge in [0.2, 0.25) is 5.91 Å². The van der Waals surface area contributed by atoms with Gasteiger partial charge in [-0.1, -0.05) is 55.5 Å². The zero-order valence-corrected chi connectivity index (χ0v) is 19.7. The van der Waals surface area contributed by atoms with Crippen LogP contribution in [0.3, 0.4) is 0 Å². The first kappa shape index (κ1) is 23.8. The van der Waals surface area contributed by atoms with Gasteiger partial charge in [-0.15, -0.1) is 0 Å². The Kier molecular flexibility index (Phi) is 7.20. The van der Waals surface area contributed by atoms with E-state index in [0.29, 0.717) is 32.4 Å². The van der Waals surface area contributed by atoms with Crippen LogP contribution >= 0.6 is 0 Å². The van der Waals surface area contributed by atoms with Gasteiger partial charge in [-0.2, -0.15) is 0 Å². The zero-order valence-electron chi connectivity index (χ0n) is 19.7. The number of carbonyl (C=O) groups excluding carboxylic acids is 2. The van der Waals surface area contributed by atoms with E-state index in [1.165, 1.54) is 22.3 Å². The third kappa shape index (κ3) is 5.08. The molecule has 2 aromatic rings. The number of carbonyl (C=O) groups is 3. The van der Waals surface area contributed by atoms with Gasteiger partial charge in [-0.3, -0.25) is 9.59 Å². The second-order valence-corrected chi connectivity index (χ2v) is 9.45. The van der Waals surface area contributed by atoms with E-state index in [0.717, 1.165) is 0 Å². The molecule has 1 aliphatic heterocycles. The topological polar surface area (TPSA) is 95.9 Å². The lowest BCUT2D eigenvalue weighted by Crippen LogP contribution is -2.53. The Morgan fingerprint density at radius 3 is 2.21 bits per heavy atom. The summed E-state index contributed by atoms with van der Waals surface area (Å²) in [5, 5.41) is 11.9. The number of hydrogen-bond acceptors (Lipinski definition) is 4. The van der Waals surface area contributed by atoms with Crippen LogP contribution in [-0.2, 0) is 14.3 Å². The van der Waals surface area contributed by atoms with E-state index in [-0.39, 0.29) is 30.4 Å². The number of ether oxygens (including phenoxy) is 1. The van der Waals surface area contributed by atoms with Crippen LogP contribution in [0.25, 0.3) is 11.1 Å². The number of nitrogens with one attached hydrogen (secondary N) is 1. The second kappa shape index (κ2) is 10.3. The van der Waals surface area contributed by atoms with Crippen LogP contribution in [0.1, 0.15) is 50.2 Å². The van der Waals surface area contributed by atoms with Crippen LogP contribution in [0.2, 0.25) is 0 Å². The van der Waals surface area contributed by atoms with Crippen molar-refractivity contribution < 1.29 is 24.2 Å². The SMILES string of the molecule is CC(CCCC(=O)N1CC(C(C)C(=O)O)C1)NC(=O)OCC1c2ccccc2-c2ccccc21. The fraction of sp³-hybridized carbons (Fsp3) is 0.444. The molecule has 180 valence electrons. The summed E-state index contributed by atoms with van der Waals surface area (Å²) < 4.78 is 5.58. The number of likely N-dealkylation sites (tertiary alicyclic amines) is 1. The molecule has 0 spiro atoms. The molecule has 1 heterocycles. The van der Waals surface area contributed by atoms with Crippen molar-refractivity contribution in [1.82, 2.24) is 10.2 Å². The highest BCUT2D eigenvalue weighted by atomic mass is 16.5. The zero-order chi connectivity index (χ0) is 24.2. The summed E-state index contributed by atoms with van der Waals surface area (Å²) in [6, 6.07) is 16.3. The average Bonchev–Trinajstić information content (AvgIpc) is 3.10. The third-order valence-corrected chi connectivity index (χ3v) is 7.09. The molecule has 2 aromatic carbocycles. The predicted molar refractivity (Wildman–Crippen MR) is 128 cm³/mol. The summed E-state index contributed by atoms with van der Waals surface area (Å²) in [4.78, 5) is 37.4. The number of alkyl carbamates (subject to hydrolysis) is 1. The summed E-state index contributed by atoms with van der Waals surface area (Å²) in [6.07, 6.45) is 1.26. The first-order chi connectivity index (χ1) is 16.3. The Morgan fingerprint density at radius 2 is 1.62 bits per heavy atom. The molecule has 7 nitrogen and oxygen atoms in total. The monoisotopic (exact) mass is 464 g/mol. The lowest BCUT2D eigenvalue weighted by atomic mass is 9.87. The molecule has 2 atom stereocenters. The van der Waals surface area contributed by atoms with Gasteiger partial charge in [0.15, 0.2) is 0 Å². The van der Waals surface area contributed by atoms with Crippen LogP contribution in [0.5, 0.6) is 0 Å². The number of benzene rings is 2. The quantitative estimate of drug-likeness (QED) is 0.578. The number of amides is 2. The van der Waals surface area contributed by atoms with Crippen molar-refractivity contribution in [3.63, 3.8) is 0 Å². The Labute approximate surface area is 200 Å². The molecule has 1 aliphatic carbocycles. The molecule has 4 rings (SSSR count). The maximum Gasteiger partial charge on any atom is 0.407 e. The molecular weight excluding hydrogens is 432 g/mol. The fourth-order valence-corrected chi connectivity index (χ4v) is 4.87. The third-order valence-electron chi connectivity index (χ3n) is 7.09. The maximum absolute atomic E-state index is 12.4. The molecule has 1 saturated heterocycles. The Balaban J connectivity index is 1.18. The molecule has 0 radical (unpaired) electrons. The van der Waals surface area contributed by atoms with Crippen molar-refractivity contribution in [2.45, 2.75) is 45.1 Å². The van der Waals surface area contributed by atoms with Crippen molar-refractivity contribution in [3.05, 3.63) is 59.7 Å². The summed E-state index contributed by atoms with van der Waals surface area (Å²) in [5.41, 5.74) is 4.73. The number of carboxylic acid groups (broad SMARTS) is 1. The van der Waals surface area contributed by atoms with Crippen molar-refractivity contribution >= 4 is 18.0 Å². The van der Waals surface area contributed by atoms with E-state index in [1.54, 1.807) is 11.8 Å². The highest BCUT2D eigenvalue weighted by molar-refractivity contribution is 5.79. The molecule has 0 saturated carbocycles. The van der Waals surface area contributed by atoms with E-state index in [2.05, 4.69) is 29.6 Å². The number of carboxylic acids is 1. The summed E-state index contributed by atoms with van der Waals surface area (Å²) in [5.74, 6) is -1.14. The van der Waals surface area contributed by atoms with Crippen LogP contribution < -0.4 is 5.32 Å². The van der Waals surface area contributed by atoms with E-state index in [4.69, 9.17) is 9.84 Å². The van der Waals surface area contributed by atoms with E-state index < -0.39 is 18.0 Å². The Morgan fingerprint density at radius 1 is 1.03 bits per heavy atom. The second-order valence-electron chi connectivity index (χ2n) is 9.45. The molecule has 1 fully saturated rings. The highest BCUT2D eigenvalue weighted by Crippen LogP contribution is 2.44. The minimum Gasteiger partial charge on any atom is -0.481 e. The van der Waals surface area contributed by atoms with Gasteiger partial charge in [0, 0.05) is 37.4 Å². The number of fused-ring (bicyclic) bond motifs is 3. The van der Waals surface area contributed by atoms with Gasteiger partial charge in [0.1, 0.15) is 6.61 Å². The molecule has 2 aliphatic rings. The first-order valence-corrected chi connectivity index (χ1v) is 12.0. The number of hydrogen-bond donors (Lipinski definition) is 2. The molecular formula is C27H32N2O5. The minimum absolute atomic E-state index is 0.0234. The first-order valence-electron chi connectivity index (χ1n) is 12.0. The standard InChI is InChI=1S/C27H32N2O5/c1-17(8-7-13-25(30)29-14-19(15-29)18(2)26(31)32)28-27(33)34-16-24-22-11-5-3-9-20(22)21-10-4-6-12-23(21)24/h3-6,9-12,17-19,24H,7-8,13-16H2,1-2H3,(H,28,33)(H,31,32). The molecule has 34 heavy (non-hydrogen) atoms. The molecule has 2 amide bonds. The average molecular weight is 465 g/mol. The minimum atomic E-state index is -0.815. The Hall–Kier alpha value is -3.35. The van der Waals surface area contributed by atoms with Gasteiger partial charge in [-0.05, 0) is 42.0 Å². The largest absolute Gasteiger partial charge is 0.481 e. The highest BCUT2D eigenvalue weighted by Gasteiger charge is 2.36. The van der Waals surface area contributed by atoms with Gasteiger partial charge in [0.05, 0.1) is 5.92 Å². The molecule has 0 aromatic heterocycles. The summed E-state index contributed by atoms with van der Waals surface area (Å²) in [6.45, 7) is 4.89. The van der Waals surface area contributed by atoms with Gasteiger partial charge < -0.3 is 20.1 Å². The molecule has 0 bridgehead atoms. The van der Waals surface area contributed by atoms with Gasteiger partial charge >= 0.3 is 12.1 Å². The summed E-state index contributed by atoms with van der Waals surface area (Å²) >= 11 is 0. The molecule has 2 N–H and O–H groups in total. The van der Waals surface area contributed by atoms with E-state index in [1.807, 2.05) is 31.2 Å². The number of nitrogens with zero attached hydrogens (tertiary/aromatic N) is 1. The van der Waals surface area contributed by atoms with E-state index in [9.17, 15) is 14.4 Å². The Bertz CT molecular complexity index is 1020. The smallest absolute Gasteiger partial charge is 0.407 e. The lowest BCUT2D eigenvalue weighted by Gasteiger charge is -2.41. The molecule has 2 unspecified atom stereocenters. The van der Waals surface area contributed by atoms with Crippen LogP contribution in [-0.4, -0.2) is 53.7 Å². The van der Waals surface area contributed by atoms with Gasteiger partial charge in [0.25, 0.3) is 0 Å². The summed E-state index contributed by atoms with van der Waals surface area (Å²) in [7, 11) is 0. The van der Waals surface area contributed by atoms with Crippen molar-refractivity contribution in [2.24, 2.45) is 11.8 Å². The fourth-order valence-electron chi connectivity index (χ4n) is 4.87. The van der Waals surface area contributed by atoms with E-state index >= 15 is 0 Å². The van der Waals surface area contributed by atoms with Crippen LogP contribution in [0.15, 0.2) is 48.5 Å². The lowest BCUT2D eigenvalue weighted by molar-refractivity contribution is -0.150. The van der Waals surface area contributed by atoms with Gasteiger partial charge in [-0.25, -0.2) is 4.79 Å². The van der Waals surface area contributed by atoms with Crippen LogP contribution in [0.4, 0.5) is 4.79 Å².